The molecular weight excluding hydrogens is 322 g/mol. The zero-order valence-electron chi connectivity index (χ0n) is 13.2. The molecule has 0 fully saturated rings. The molecule has 0 saturated heterocycles. The van der Waals surface area contributed by atoms with Gasteiger partial charge in [0.05, 0.1) is 5.02 Å². The number of rotatable bonds is 4. The van der Waals surface area contributed by atoms with E-state index >= 15 is 0 Å². The van der Waals surface area contributed by atoms with E-state index in [9.17, 15) is 4.79 Å². The molecule has 0 aliphatic rings. The van der Waals surface area contributed by atoms with Crippen molar-refractivity contribution in [2.45, 2.75) is 33.3 Å². The van der Waals surface area contributed by atoms with E-state index in [1.807, 2.05) is 64.1 Å². The molecule has 1 unspecified atom stereocenters. The van der Waals surface area contributed by atoms with Crippen LogP contribution in [0.25, 0.3) is 0 Å². The fourth-order valence-electron chi connectivity index (χ4n) is 2.07. The number of aryl methyl sites for hydroxylation is 1. The van der Waals surface area contributed by atoms with Gasteiger partial charge in [-0.1, -0.05) is 35.9 Å². The van der Waals surface area contributed by atoms with Gasteiger partial charge in [-0.15, -0.1) is 0 Å². The molecule has 0 aliphatic heterocycles. The minimum absolute atomic E-state index is 0. The molecule has 118 valence electrons. The normalized spacial score (nSPS) is 11.3. The minimum atomic E-state index is -0.228. The molecule has 0 saturated carbocycles. The summed E-state index contributed by atoms with van der Waals surface area (Å²) in [7, 11) is 0.0540. The van der Waals surface area contributed by atoms with Crippen molar-refractivity contribution in [3.05, 3.63) is 58.6 Å². The van der Waals surface area contributed by atoms with Crippen molar-refractivity contribution < 1.29 is 9.53 Å². The van der Waals surface area contributed by atoms with E-state index in [0.717, 1.165) is 16.6 Å². The Morgan fingerprint density at radius 2 is 1.70 bits per heavy atom. The van der Waals surface area contributed by atoms with Crippen molar-refractivity contribution in [3.8, 4) is 5.75 Å². The molecule has 2 aromatic rings. The Morgan fingerprint density at radius 1 is 1.09 bits per heavy atom. The topological polar surface area (TPSA) is 26.3 Å². The van der Waals surface area contributed by atoms with Gasteiger partial charge in [0.2, 0.25) is 0 Å². The van der Waals surface area contributed by atoms with E-state index in [1.165, 1.54) is 0 Å². The van der Waals surface area contributed by atoms with Gasteiger partial charge < -0.3 is 4.74 Å². The van der Waals surface area contributed by atoms with E-state index in [4.69, 9.17) is 16.3 Å². The van der Waals surface area contributed by atoms with Crippen molar-refractivity contribution in [1.29, 1.82) is 0 Å². The number of hydrogen-bond donors (Lipinski definition) is 0. The van der Waals surface area contributed by atoms with E-state index in [-0.39, 0.29) is 38.6 Å². The Labute approximate surface area is 156 Å². The van der Waals surface area contributed by atoms with Gasteiger partial charge in [-0.2, -0.15) is 0 Å². The van der Waals surface area contributed by atoms with Gasteiger partial charge in [0.25, 0.3) is 0 Å². The molecule has 5 heteroatoms. The third-order valence-electron chi connectivity index (χ3n) is 2.99. The predicted octanol–water partition coefficient (Wildman–Crippen LogP) is 4.32. The maximum atomic E-state index is 12.5. The second kappa shape index (κ2) is 8.36. The second-order valence-corrected chi connectivity index (χ2v) is 7.81. The van der Waals surface area contributed by atoms with Gasteiger partial charge in [0.1, 0.15) is 11.4 Å². The summed E-state index contributed by atoms with van der Waals surface area (Å²) < 4.78 is 5.78. The number of carbonyl (C=O) groups is 1. The molecule has 1 atom stereocenters. The van der Waals surface area contributed by atoms with Crippen LogP contribution in [-0.2, 0) is 0 Å². The molecule has 0 aromatic heterocycles. The first-order chi connectivity index (χ1) is 10.3. The second-order valence-electron chi connectivity index (χ2n) is 6.12. The van der Waals surface area contributed by atoms with Gasteiger partial charge in [-0.3, -0.25) is 4.79 Å². The van der Waals surface area contributed by atoms with E-state index in [0.29, 0.717) is 10.6 Å². The van der Waals surface area contributed by atoms with Crippen molar-refractivity contribution in [3.63, 3.8) is 0 Å². The van der Waals surface area contributed by atoms with Crippen LogP contribution in [0.15, 0.2) is 42.5 Å². The van der Waals surface area contributed by atoms with E-state index in [1.54, 1.807) is 6.07 Å². The van der Waals surface area contributed by atoms with Crippen molar-refractivity contribution >= 4 is 49.9 Å². The standard InChI is InChI=1S/C18H20ClO2P.Li.H/c1-12-6-5-7-15(19)16(12)17(20)22-14-10-8-13(9-11-14)21-18(2,3)4;;/h5-11,22H,1-4H3;;. The molecule has 0 bridgehead atoms. The summed E-state index contributed by atoms with van der Waals surface area (Å²) in [5.41, 5.74) is 1.37. The first-order valence-corrected chi connectivity index (χ1v) is 8.49. The molecule has 0 radical (unpaired) electrons. The third kappa shape index (κ3) is 5.98. The molecule has 0 heterocycles. The van der Waals surface area contributed by atoms with Gasteiger partial charge in [-0.25, -0.2) is 0 Å². The Hall–Kier alpha value is -0.773. The summed E-state index contributed by atoms with van der Waals surface area (Å²) in [5, 5.41) is 1.50. The van der Waals surface area contributed by atoms with Crippen molar-refractivity contribution in [2.24, 2.45) is 0 Å². The van der Waals surface area contributed by atoms with Crippen LogP contribution in [0.1, 0.15) is 36.7 Å². The molecule has 2 rings (SSSR count). The molecular formula is C18H21ClLiO2P. The summed E-state index contributed by atoms with van der Waals surface area (Å²) in [6.45, 7) is 7.93. The molecule has 2 aromatic carbocycles. The van der Waals surface area contributed by atoms with E-state index < -0.39 is 0 Å². The fraction of sp³-hybridized carbons (Fsp3) is 0.278. The zero-order valence-corrected chi connectivity index (χ0v) is 15.0. The summed E-state index contributed by atoms with van der Waals surface area (Å²) in [5.74, 6) is 0.808. The maximum absolute atomic E-state index is 12.5. The van der Waals surface area contributed by atoms with Gasteiger partial charge in [0, 0.05) is 5.56 Å². The van der Waals surface area contributed by atoms with Crippen LogP contribution >= 0.6 is 20.2 Å². The predicted molar refractivity (Wildman–Crippen MR) is 102 cm³/mol. The van der Waals surface area contributed by atoms with Crippen molar-refractivity contribution in [2.75, 3.05) is 0 Å². The van der Waals surface area contributed by atoms with Crippen LogP contribution in [0, 0.1) is 6.92 Å². The first kappa shape index (κ1) is 20.3. The Morgan fingerprint density at radius 3 is 2.22 bits per heavy atom. The Bertz CT molecular complexity index is 658. The molecule has 23 heavy (non-hydrogen) atoms. The molecule has 0 aliphatic carbocycles. The van der Waals surface area contributed by atoms with Crippen LogP contribution < -0.4 is 10.0 Å². The first-order valence-electron chi connectivity index (χ1n) is 7.12. The van der Waals surface area contributed by atoms with Gasteiger partial charge in [-0.05, 0) is 65.3 Å². The van der Waals surface area contributed by atoms with Crippen LogP contribution in [0.5, 0.6) is 5.75 Å². The van der Waals surface area contributed by atoms with Gasteiger partial charge >= 0.3 is 18.9 Å². The molecule has 2 nitrogen and oxygen atoms in total. The van der Waals surface area contributed by atoms with E-state index in [2.05, 4.69) is 0 Å². The molecule has 0 N–H and O–H groups in total. The molecule has 0 amide bonds. The van der Waals surface area contributed by atoms with Crippen LogP contribution in [-0.4, -0.2) is 30.0 Å². The summed E-state index contributed by atoms with van der Waals surface area (Å²) >= 11 is 6.15. The number of benzene rings is 2. The van der Waals surface area contributed by atoms with Gasteiger partial charge in [0.15, 0.2) is 5.52 Å². The number of hydrogen-bond acceptors (Lipinski definition) is 2. The Kier molecular flexibility index (Phi) is 7.37. The number of ether oxygens (including phenoxy) is 1. The SMILES string of the molecule is Cc1cccc(Cl)c1C(=O)Pc1ccc(OC(C)(C)C)cc1.[LiH]. The Balaban J connectivity index is 0.00000264. The zero-order chi connectivity index (χ0) is 16.3. The number of carbonyl (C=O) groups excluding carboxylic acids is 1. The summed E-state index contributed by atoms with van der Waals surface area (Å²) in [6.07, 6.45) is 0. The summed E-state index contributed by atoms with van der Waals surface area (Å²) in [6, 6.07) is 13.2. The third-order valence-corrected chi connectivity index (χ3v) is 4.40. The molecule has 0 spiro atoms. The monoisotopic (exact) mass is 342 g/mol. The van der Waals surface area contributed by atoms with Crippen molar-refractivity contribution in [1.82, 2.24) is 0 Å². The summed E-state index contributed by atoms with van der Waals surface area (Å²) in [4.78, 5) is 12.5. The van der Waals surface area contributed by atoms with Crippen LogP contribution in [0.4, 0.5) is 0 Å². The van der Waals surface area contributed by atoms with Crippen LogP contribution in [0.2, 0.25) is 5.02 Å². The quantitative estimate of drug-likeness (QED) is 0.611. The average Bonchev–Trinajstić information content (AvgIpc) is 2.39. The van der Waals surface area contributed by atoms with Crippen LogP contribution in [0.3, 0.4) is 0 Å². The fourth-order valence-corrected chi connectivity index (χ4v) is 3.51. The average molecular weight is 343 g/mol. The number of halogens is 1.